The summed E-state index contributed by atoms with van der Waals surface area (Å²) >= 11 is 0. The molecule has 0 aliphatic carbocycles. The van der Waals surface area contributed by atoms with Crippen LogP contribution >= 0.6 is 0 Å². The molecule has 1 saturated heterocycles. The quantitative estimate of drug-likeness (QED) is 0.336. The average Bonchev–Trinajstić information content (AvgIpc) is 3.71. The minimum Gasteiger partial charge on any atom is -0.454 e. The van der Waals surface area contributed by atoms with Crippen molar-refractivity contribution in [1.29, 1.82) is 0 Å². The molecule has 1 N–H and O–H groups in total. The second-order valence-corrected chi connectivity index (χ2v) is 11.1. The number of amides is 2. The molecule has 2 aromatic heterocycles. The van der Waals surface area contributed by atoms with Gasteiger partial charge in [0.05, 0.1) is 18.5 Å². The molecular formula is C32H35N7O4. The van der Waals surface area contributed by atoms with Gasteiger partial charge < -0.3 is 24.6 Å². The number of hydrogen-bond donors (Lipinski definition) is 1. The van der Waals surface area contributed by atoms with Crippen LogP contribution in [0.3, 0.4) is 0 Å². The van der Waals surface area contributed by atoms with Gasteiger partial charge in [-0.2, -0.15) is 0 Å². The van der Waals surface area contributed by atoms with Gasteiger partial charge in [0, 0.05) is 44.5 Å². The Bertz CT molecular complexity index is 1620. The average molecular weight is 582 g/mol. The van der Waals surface area contributed by atoms with Crippen LogP contribution < -0.4 is 19.7 Å². The molecule has 0 spiro atoms. The van der Waals surface area contributed by atoms with Crippen LogP contribution in [0.15, 0.2) is 67.5 Å². The van der Waals surface area contributed by atoms with E-state index in [0.717, 1.165) is 11.1 Å². The minimum absolute atomic E-state index is 0.00536. The number of rotatable bonds is 8. The van der Waals surface area contributed by atoms with Crippen molar-refractivity contribution in [3.8, 4) is 17.3 Å². The van der Waals surface area contributed by atoms with Gasteiger partial charge in [-0.15, -0.1) is 0 Å². The number of nitrogens with zero attached hydrogens (tertiary/aromatic N) is 6. The third kappa shape index (κ3) is 6.30. The lowest BCUT2D eigenvalue weighted by atomic mass is 10.0. The molecule has 0 bridgehead atoms. The van der Waals surface area contributed by atoms with Gasteiger partial charge in [-0.3, -0.25) is 14.2 Å². The summed E-state index contributed by atoms with van der Waals surface area (Å²) in [6.45, 7) is 7.74. The summed E-state index contributed by atoms with van der Waals surface area (Å²) in [5.74, 6) is 2.62. The van der Waals surface area contributed by atoms with E-state index in [1.165, 1.54) is 17.5 Å². The minimum atomic E-state index is -0.285. The fourth-order valence-corrected chi connectivity index (χ4v) is 5.56. The van der Waals surface area contributed by atoms with Crippen LogP contribution in [0.1, 0.15) is 41.6 Å². The normalized spacial score (nSPS) is 16.7. The number of fused-ring (bicyclic) bond motifs is 1. The largest absolute Gasteiger partial charge is 0.454 e. The number of carbonyl (C=O) groups excluding carboxylic acids is 2. The Balaban J connectivity index is 1.19. The molecule has 2 unspecified atom stereocenters. The number of aryl methyl sites for hydroxylation is 2. The van der Waals surface area contributed by atoms with Crippen LogP contribution in [0.25, 0.3) is 5.82 Å². The van der Waals surface area contributed by atoms with Crippen molar-refractivity contribution in [2.24, 2.45) is 0 Å². The van der Waals surface area contributed by atoms with Crippen molar-refractivity contribution in [1.82, 2.24) is 29.7 Å². The Morgan fingerprint density at radius 3 is 2.65 bits per heavy atom. The van der Waals surface area contributed by atoms with Gasteiger partial charge in [-0.1, -0.05) is 24.3 Å². The van der Waals surface area contributed by atoms with Gasteiger partial charge in [0.15, 0.2) is 11.5 Å². The number of imidazole rings is 1. The third-order valence-corrected chi connectivity index (χ3v) is 8.16. The number of aromatic nitrogens is 4. The molecule has 2 aliphatic rings. The Morgan fingerprint density at radius 1 is 1.00 bits per heavy atom. The van der Waals surface area contributed by atoms with E-state index in [9.17, 15) is 9.59 Å². The zero-order chi connectivity index (χ0) is 29.9. The molecule has 6 rings (SSSR count). The standard InChI is InChI=1S/C32H35N7O4/c1-21-4-6-25(12-22(21)2)23(3)36-31(40)15-26-17-37(32(41)14-24-5-7-27-28(13-24)43-20-42-27)10-11-39(26)30-16-29(34-18-35-30)38-9-8-33-19-38/h4-9,12-13,16,18-19,23,26H,10-11,14-15,17,20H2,1-3H3,(H,36,40). The first-order valence-corrected chi connectivity index (χ1v) is 14.4. The van der Waals surface area contributed by atoms with E-state index in [4.69, 9.17) is 9.47 Å². The maximum absolute atomic E-state index is 13.5. The van der Waals surface area contributed by atoms with Crippen LogP contribution in [0.2, 0.25) is 0 Å². The monoisotopic (exact) mass is 581 g/mol. The number of anilines is 1. The van der Waals surface area contributed by atoms with E-state index in [0.29, 0.717) is 42.8 Å². The molecule has 11 nitrogen and oxygen atoms in total. The highest BCUT2D eigenvalue weighted by molar-refractivity contribution is 5.81. The summed E-state index contributed by atoms with van der Waals surface area (Å²) in [7, 11) is 0. The number of benzene rings is 2. The van der Waals surface area contributed by atoms with Crippen molar-refractivity contribution in [2.75, 3.05) is 31.3 Å². The highest BCUT2D eigenvalue weighted by Crippen LogP contribution is 2.33. The Morgan fingerprint density at radius 2 is 1.84 bits per heavy atom. The molecule has 0 saturated carbocycles. The molecule has 11 heteroatoms. The van der Waals surface area contributed by atoms with Gasteiger partial charge in [-0.25, -0.2) is 15.0 Å². The van der Waals surface area contributed by atoms with Gasteiger partial charge >= 0.3 is 0 Å². The zero-order valence-electron chi connectivity index (χ0n) is 24.6. The van der Waals surface area contributed by atoms with Gasteiger partial charge in [0.25, 0.3) is 0 Å². The summed E-state index contributed by atoms with van der Waals surface area (Å²) in [6, 6.07) is 13.3. The maximum Gasteiger partial charge on any atom is 0.231 e. The summed E-state index contributed by atoms with van der Waals surface area (Å²) in [4.78, 5) is 43.9. The summed E-state index contributed by atoms with van der Waals surface area (Å²) in [5.41, 5.74) is 4.31. The predicted molar refractivity (Wildman–Crippen MR) is 160 cm³/mol. The second kappa shape index (κ2) is 12.1. The predicted octanol–water partition coefficient (Wildman–Crippen LogP) is 3.54. The van der Waals surface area contributed by atoms with Gasteiger partial charge in [0.2, 0.25) is 18.6 Å². The van der Waals surface area contributed by atoms with Crippen LogP contribution in [0, 0.1) is 13.8 Å². The van der Waals surface area contributed by atoms with Crippen molar-refractivity contribution in [3.63, 3.8) is 0 Å². The lowest BCUT2D eigenvalue weighted by Gasteiger charge is -2.42. The first-order valence-electron chi connectivity index (χ1n) is 14.4. The van der Waals surface area contributed by atoms with Crippen molar-refractivity contribution >= 4 is 17.6 Å². The van der Waals surface area contributed by atoms with E-state index >= 15 is 0 Å². The maximum atomic E-state index is 13.5. The SMILES string of the molecule is Cc1ccc(C(C)NC(=O)CC2CN(C(=O)Cc3ccc4c(c3)OCO4)CCN2c2cc(-n3ccnc3)ncn2)cc1C. The number of carbonyl (C=O) groups is 2. The molecule has 2 aliphatic heterocycles. The fourth-order valence-electron chi connectivity index (χ4n) is 5.56. The molecular weight excluding hydrogens is 546 g/mol. The lowest BCUT2D eigenvalue weighted by Crippen LogP contribution is -2.56. The van der Waals surface area contributed by atoms with E-state index in [-0.39, 0.29) is 43.5 Å². The number of hydrogen-bond acceptors (Lipinski definition) is 8. The fraction of sp³-hybridized carbons (Fsp3) is 0.344. The Kier molecular flexibility index (Phi) is 7.95. The second-order valence-electron chi connectivity index (χ2n) is 11.1. The molecule has 0 radical (unpaired) electrons. The van der Waals surface area contributed by atoms with E-state index < -0.39 is 0 Å². The summed E-state index contributed by atoms with van der Waals surface area (Å²) in [5, 5.41) is 3.16. The number of ether oxygens (including phenoxy) is 2. The van der Waals surface area contributed by atoms with Gasteiger partial charge in [-0.05, 0) is 55.2 Å². The van der Waals surface area contributed by atoms with Gasteiger partial charge in [0.1, 0.15) is 24.3 Å². The molecule has 4 heterocycles. The number of piperazine rings is 1. The van der Waals surface area contributed by atoms with E-state index in [1.807, 2.05) is 46.9 Å². The molecule has 2 aromatic carbocycles. The number of nitrogens with one attached hydrogen (secondary N) is 1. The van der Waals surface area contributed by atoms with E-state index in [2.05, 4.69) is 57.2 Å². The van der Waals surface area contributed by atoms with Crippen LogP contribution in [0.5, 0.6) is 11.5 Å². The van der Waals surface area contributed by atoms with E-state index in [1.54, 1.807) is 12.5 Å². The first kappa shape index (κ1) is 28.2. The molecule has 1 fully saturated rings. The Hall–Kier alpha value is -4.93. The Labute approximate surface area is 250 Å². The highest BCUT2D eigenvalue weighted by atomic mass is 16.7. The molecule has 2 amide bonds. The summed E-state index contributed by atoms with van der Waals surface area (Å²) in [6.07, 6.45) is 7.14. The third-order valence-electron chi connectivity index (χ3n) is 8.16. The molecule has 222 valence electrons. The molecule has 43 heavy (non-hydrogen) atoms. The highest BCUT2D eigenvalue weighted by Gasteiger charge is 2.33. The van der Waals surface area contributed by atoms with Crippen LogP contribution in [-0.2, 0) is 16.0 Å². The van der Waals surface area contributed by atoms with Crippen LogP contribution in [0.4, 0.5) is 5.82 Å². The van der Waals surface area contributed by atoms with Crippen LogP contribution in [-0.4, -0.2) is 68.7 Å². The smallest absolute Gasteiger partial charge is 0.231 e. The molecule has 2 atom stereocenters. The summed E-state index contributed by atoms with van der Waals surface area (Å²) < 4.78 is 12.7. The first-order chi connectivity index (χ1) is 20.8. The van der Waals surface area contributed by atoms with Crippen molar-refractivity contribution < 1.29 is 19.1 Å². The van der Waals surface area contributed by atoms with Crippen molar-refractivity contribution in [3.05, 3.63) is 89.8 Å². The molecule has 4 aromatic rings. The van der Waals surface area contributed by atoms with Crippen molar-refractivity contribution in [2.45, 2.75) is 45.7 Å². The zero-order valence-corrected chi connectivity index (χ0v) is 24.6. The topological polar surface area (TPSA) is 115 Å². The lowest BCUT2D eigenvalue weighted by molar-refractivity contribution is -0.132.